The molecule has 0 spiro atoms. The van der Waals surface area contributed by atoms with Gasteiger partial charge in [-0.3, -0.25) is 10.1 Å². The van der Waals surface area contributed by atoms with E-state index >= 15 is 0 Å². The third kappa shape index (κ3) is 5.50. The number of carboxylic acids is 1. The molecule has 1 heterocycles. The molecule has 6 heteroatoms. The maximum Gasteiger partial charge on any atom is 0.323 e. The second-order valence-corrected chi connectivity index (χ2v) is 7.34. The van der Waals surface area contributed by atoms with Gasteiger partial charge < -0.3 is 5.11 Å². The lowest BCUT2D eigenvalue weighted by Gasteiger charge is -2.28. The molecule has 108 valence electrons. The predicted octanol–water partition coefficient (Wildman–Crippen LogP) is 3.17. The van der Waals surface area contributed by atoms with Crippen molar-refractivity contribution in [1.29, 1.82) is 0 Å². The molecule has 0 aliphatic heterocycles. The zero-order valence-electron chi connectivity index (χ0n) is 11.9. The minimum absolute atomic E-state index is 0.162. The van der Waals surface area contributed by atoms with Gasteiger partial charge in [-0.05, 0) is 40.5 Å². The van der Waals surface area contributed by atoms with Crippen LogP contribution in [0.1, 0.15) is 39.3 Å². The summed E-state index contributed by atoms with van der Waals surface area (Å²) < 4.78 is 1.06. The second-order valence-electron chi connectivity index (χ2n) is 5.14. The van der Waals surface area contributed by atoms with E-state index in [9.17, 15) is 9.90 Å². The quantitative estimate of drug-likeness (QED) is 0.570. The van der Waals surface area contributed by atoms with Crippen LogP contribution in [-0.2, 0) is 4.79 Å². The molecule has 0 saturated carbocycles. The molecule has 0 fully saturated rings. The molecule has 2 N–H and O–H groups in total. The highest BCUT2D eigenvalue weighted by Crippen LogP contribution is 2.24. The average molecular weight is 302 g/mol. The molecular weight excluding hydrogens is 280 g/mol. The summed E-state index contributed by atoms with van der Waals surface area (Å²) in [6, 6.07) is 0.162. The summed E-state index contributed by atoms with van der Waals surface area (Å²) in [5, 5.41) is 14.5. The van der Waals surface area contributed by atoms with Crippen molar-refractivity contribution >= 4 is 29.1 Å². The van der Waals surface area contributed by atoms with Crippen LogP contribution >= 0.6 is 23.1 Å². The molecule has 4 nitrogen and oxygen atoms in total. The lowest BCUT2D eigenvalue weighted by Crippen LogP contribution is -2.52. The molecule has 19 heavy (non-hydrogen) atoms. The number of carbonyl (C=O) groups is 1. The van der Waals surface area contributed by atoms with Crippen molar-refractivity contribution in [3.05, 3.63) is 11.1 Å². The van der Waals surface area contributed by atoms with Gasteiger partial charge in [0.15, 0.2) is 0 Å². The van der Waals surface area contributed by atoms with Crippen molar-refractivity contribution in [1.82, 2.24) is 10.3 Å². The third-order valence-electron chi connectivity index (χ3n) is 2.72. The number of thiazole rings is 1. The van der Waals surface area contributed by atoms with E-state index in [1.165, 1.54) is 0 Å². The summed E-state index contributed by atoms with van der Waals surface area (Å²) in [6.45, 7) is 7.67. The van der Waals surface area contributed by atoms with E-state index in [1.807, 2.05) is 26.2 Å². The Morgan fingerprint density at radius 3 is 2.79 bits per heavy atom. The van der Waals surface area contributed by atoms with Gasteiger partial charge in [-0.1, -0.05) is 11.8 Å². The molecule has 1 atom stereocenters. The first kappa shape index (κ1) is 16.5. The van der Waals surface area contributed by atoms with Crippen molar-refractivity contribution in [2.75, 3.05) is 5.75 Å². The van der Waals surface area contributed by atoms with Gasteiger partial charge in [0, 0.05) is 22.9 Å². The number of thioether (sulfide) groups is 1. The van der Waals surface area contributed by atoms with Crippen molar-refractivity contribution in [2.45, 2.75) is 56.5 Å². The standard InChI is InChI=1S/C13H22N2O2S2/c1-9(2)15-13(4,11(16)17)6-5-7-18-12-14-10(3)8-19-12/h8-9,15H,5-7H2,1-4H3,(H,16,17). The van der Waals surface area contributed by atoms with Crippen molar-refractivity contribution in [2.24, 2.45) is 0 Å². The number of aryl methyl sites for hydroxylation is 1. The summed E-state index contributed by atoms with van der Waals surface area (Å²) in [5.74, 6) is 0.117. The molecule has 0 radical (unpaired) electrons. The van der Waals surface area contributed by atoms with E-state index in [-0.39, 0.29) is 6.04 Å². The number of aromatic nitrogens is 1. The monoisotopic (exact) mass is 302 g/mol. The molecule has 1 aromatic rings. The topological polar surface area (TPSA) is 62.2 Å². The minimum Gasteiger partial charge on any atom is -0.480 e. The summed E-state index contributed by atoms with van der Waals surface area (Å²) >= 11 is 3.34. The van der Waals surface area contributed by atoms with Gasteiger partial charge in [0.2, 0.25) is 0 Å². The molecule has 0 amide bonds. The van der Waals surface area contributed by atoms with Crippen molar-refractivity contribution in [3.8, 4) is 0 Å². The Kier molecular flexibility index (Phi) is 6.29. The van der Waals surface area contributed by atoms with Crippen molar-refractivity contribution < 1.29 is 9.90 Å². The first-order chi connectivity index (χ1) is 8.83. The molecule has 1 rings (SSSR count). The minimum atomic E-state index is -0.840. The van der Waals surface area contributed by atoms with E-state index in [2.05, 4.69) is 10.3 Å². The highest BCUT2D eigenvalue weighted by Gasteiger charge is 2.32. The van der Waals surface area contributed by atoms with Gasteiger partial charge >= 0.3 is 5.97 Å². The fourth-order valence-corrected chi connectivity index (χ4v) is 3.72. The summed E-state index contributed by atoms with van der Waals surface area (Å²) in [5.41, 5.74) is 0.206. The predicted molar refractivity (Wildman–Crippen MR) is 81.1 cm³/mol. The lowest BCUT2D eigenvalue weighted by atomic mass is 9.95. The number of hydrogen-bond acceptors (Lipinski definition) is 5. The van der Waals surface area contributed by atoms with Crippen LogP contribution < -0.4 is 5.32 Å². The van der Waals surface area contributed by atoms with Crippen molar-refractivity contribution in [3.63, 3.8) is 0 Å². The molecule has 0 aromatic carbocycles. The lowest BCUT2D eigenvalue weighted by molar-refractivity contribution is -0.144. The van der Waals surface area contributed by atoms with Gasteiger partial charge in [0.1, 0.15) is 9.88 Å². The van der Waals surface area contributed by atoms with E-state index in [4.69, 9.17) is 0 Å². The van der Waals surface area contributed by atoms with Crippen LogP contribution in [0.5, 0.6) is 0 Å². The number of carboxylic acid groups (broad SMARTS) is 1. The Labute approximate surface area is 123 Å². The van der Waals surface area contributed by atoms with Crippen LogP contribution in [0.2, 0.25) is 0 Å². The fourth-order valence-electron chi connectivity index (χ4n) is 1.86. The molecule has 0 aliphatic rings. The van der Waals surface area contributed by atoms with E-state index < -0.39 is 11.5 Å². The van der Waals surface area contributed by atoms with Gasteiger partial charge in [0.25, 0.3) is 0 Å². The number of aliphatic carboxylic acids is 1. The number of nitrogens with zero attached hydrogens (tertiary/aromatic N) is 1. The average Bonchev–Trinajstić information content (AvgIpc) is 2.69. The highest BCUT2D eigenvalue weighted by molar-refractivity contribution is 8.00. The van der Waals surface area contributed by atoms with Crippen LogP contribution in [0.3, 0.4) is 0 Å². The van der Waals surface area contributed by atoms with Crippen LogP contribution in [0.15, 0.2) is 9.72 Å². The summed E-state index contributed by atoms with van der Waals surface area (Å²) in [6.07, 6.45) is 1.48. The SMILES string of the molecule is Cc1csc(SCCCC(C)(NC(C)C)C(=O)O)n1. The highest BCUT2D eigenvalue weighted by atomic mass is 32.2. The Morgan fingerprint density at radius 1 is 1.63 bits per heavy atom. The zero-order chi connectivity index (χ0) is 14.5. The maximum absolute atomic E-state index is 11.3. The molecule has 1 unspecified atom stereocenters. The summed E-state index contributed by atoms with van der Waals surface area (Å²) in [7, 11) is 0. The molecular formula is C13H22N2O2S2. The Balaban J connectivity index is 2.38. The normalized spacial score (nSPS) is 14.6. The largest absolute Gasteiger partial charge is 0.480 e. The van der Waals surface area contributed by atoms with Gasteiger partial charge in [0.05, 0.1) is 0 Å². The Hall–Kier alpha value is -0.590. The summed E-state index contributed by atoms with van der Waals surface area (Å²) in [4.78, 5) is 15.7. The molecule has 0 aliphatic carbocycles. The Morgan fingerprint density at radius 2 is 2.32 bits per heavy atom. The smallest absolute Gasteiger partial charge is 0.323 e. The van der Waals surface area contributed by atoms with E-state index in [1.54, 1.807) is 30.0 Å². The number of hydrogen-bond donors (Lipinski definition) is 2. The molecule has 0 saturated heterocycles. The molecule has 0 bridgehead atoms. The zero-order valence-corrected chi connectivity index (χ0v) is 13.5. The van der Waals surface area contributed by atoms with Crippen LogP contribution in [-0.4, -0.2) is 33.4 Å². The van der Waals surface area contributed by atoms with Gasteiger partial charge in [-0.25, -0.2) is 4.98 Å². The van der Waals surface area contributed by atoms with Gasteiger partial charge in [-0.2, -0.15) is 0 Å². The van der Waals surface area contributed by atoms with E-state index in [0.29, 0.717) is 6.42 Å². The van der Waals surface area contributed by atoms with Crippen LogP contribution in [0, 0.1) is 6.92 Å². The molecule has 1 aromatic heterocycles. The first-order valence-corrected chi connectivity index (χ1v) is 8.26. The number of rotatable bonds is 8. The maximum atomic E-state index is 11.3. The third-order valence-corrected chi connectivity index (χ3v) is 4.95. The first-order valence-electron chi connectivity index (χ1n) is 6.39. The Bertz CT molecular complexity index is 421. The number of nitrogens with one attached hydrogen (secondary N) is 1. The van der Waals surface area contributed by atoms with Crippen LogP contribution in [0.25, 0.3) is 0 Å². The van der Waals surface area contributed by atoms with Crippen LogP contribution in [0.4, 0.5) is 0 Å². The fraction of sp³-hybridized carbons (Fsp3) is 0.692. The second kappa shape index (κ2) is 7.26. The van der Waals surface area contributed by atoms with Gasteiger partial charge in [-0.15, -0.1) is 11.3 Å². The van der Waals surface area contributed by atoms with E-state index in [0.717, 1.165) is 22.2 Å².